The van der Waals surface area contributed by atoms with E-state index in [4.69, 9.17) is 0 Å². The van der Waals surface area contributed by atoms with Crippen LogP contribution in [0.25, 0.3) is 0 Å². The van der Waals surface area contributed by atoms with Crippen molar-refractivity contribution in [3.8, 4) is 0 Å². The lowest BCUT2D eigenvalue weighted by Crippen LogP contribution is -2.39. The lowest BCUT2D eigenvalue weighted by Gasteiger charge is -2.30. The average molecular weight is 329 g/mol. The third-order valence-electron chi connectivity index (χ3n) is 5.33. The van der Waals surface area contributed by atoms with Crippen molar-refractivity contribution in [3.63, 3.8) is 0 Å². The van der Waals surface area contributed by atoms with E-state index in [1.807, 2.05) is 23.1 Å². The average Bonchev–Trinajstić information content (AvgIpc) is 2.96. The summed E-state index contributed by atoms with van der Waals surface area (Å²) >= 11 is 0. The fraction of sp³-hybridized carbons (Fsp3) is 0.579. The minimum atomic E-state index is 0.127. The van der Waals surface area contributed by atoms with Gasteiger partial charge in [-0.1, -0.05) is 25.1 Å². The zero-order chi connectivity index (χ0) is 17.3. The van der Waals surface area contributed by atoms with E-state index in [9.17, 15) is 9.59 Å². The van der Waals surface area contributed by atoms with Crippen LogP contribution >= 0.6 is 0 Å². The molecule has 3 rings (SSSR count). The molecule has 0 bridgehead atoms. The second-order valence-electron chi connectivity index (χ2n) is 7.23. The number of likely N-dealkylation sites (N-methyl/N-ethyl adjacent to an activating group) is 1. The van der Waals surface area contributed by atoms with Gasteiger partial charge in [0, 0.05) is 44.2 Å². The molecule has 1 aromatic carbocycles. The molecule has 1 aromatic rings. The van der Waals surface area contributed by atoms with Gasteiger partial charge in [-0.2, -0.15) is 0 Å². The molecule has 24 heavy (non-hydrogen) atoms. The molecule has 2 heterocycles. The van der Waals surface area contributed by atoms with Crippen LogP contribution in [-0.2, 0) is 16.0 Å². The Kier molecular flexibility index (Phi) is 4.90. The molecule has 5 nitrogen and oxygen atoms in total. The molecule has 1 saturated heterocycles. The summed E-state index contributed by atoms with van der Waals surface area (Å²) in [7, 11) is 4.14. The Morgan fingerprint density at radius 3 is 2.67 bits per heavy atom. The molecular formula is C19H27N3O2. The number of fused-ring (bicyclic) bond motifs is 1. The normalized spacial score (nSPS) is 23.8. The highest BCUT2D eigenvalue weighted by molar-refractivity contribution is 5.97. The fourth-order valence-electron chi connectivity index (χ4n) is 3.93. The Bertz CT molecular complexity index is 629. The van der Waals surface area contributed by atoms with Crippen molar-refractivity contribution < 1.29 is 9.59 Å². The number of carbonyl (C=O) groups is 2. The smallest absolute Gasteiger partial charge is 0.227 e. The van der Waals surface area contributed by atoms with Gasteiger partial charge in [0.05, 0.1) is 0 Å². The van der Waals surface area contributed by atoms with E-state index >= 15 is 0 Å². The number of rotatable bonds is 4. The van der Waals surface area contributed by atoms with E-state index in [0.29, 0.717) is 31.3 Å². The van der Waals surface area contributed by atoms with Crippen LogP contribution in [0.5, 0.6) is 0 Å². The zero-order valence-electron chi connectivity index (χ0n) is 14.9. The first kappa shape index (κ1) is 17.0. The van der Waals surface area contributed by atoms with Gasteiger partial charge in [0.1, 0.15) is 0 Å². The van der Waals surface area contributed by atoms with Gasteiger partial charge in [0.2, 0.25) is 11.8 Å². The molecule has 2 amide bonds. The maximum Gasteiger partial charge on any atom is 0.227 e. The lowest BCUT2D eigenvalue weighted by molar-refractivity contribution is -0.130. The van der Waals surface area contributed by atoms with Crippen molar-refractivity contribution in [2.75, 3.05) is 38.6 Å². The van der Waals surface area contributed by atoms with Gasteiger partial charge in [0.25, 0.3) is 0 Å². The summed E-state index contributed by atoms with van der Waals surface area (Å²) < 4.78 is 0. The summed E-state index contributed by atoms with van der Waals surface area (Å²) in [6.45, 7) is 4.28. The van der Waals surface area contributed by atoms with Crippen LogP contribution in [-0.4, -0.2) is 61.4 Å². The molecule has 2 aliphatic rings. The summed E-state index contributed by atoms with van der Waals surface area (Å²) in [5.41, 5.74) is 2.18. The molecule has 0 unspecified atom stereocenters. The molecule has 0 aliphatic carbocycles. The largest absolute Gasteiger partial charge is 0.341 e. The Morgan fingerprint density at radius 1 is 1.21 bits per heavy atom. The predicted octanol–water partition coefficient (Wildman–Crippen LogP) is 1.76. The Hall–Kier alpha value is -1.88. The molecule has 0 N–H and O–H groups in total. The van der Waals surface area contributed by atoms with Gasteiger partial charge in [-0.15, -0.1) is 0 Å². The number of benzene rings is 1. The molecule has 0 radical (unpaired) electrons. The highest BCUT2D eigenvalue weighted by Gasteiger charge is 2.34. The number of hydrogen-bond donors (Lipinski definition) is 0. The minimum Gasteiger partial charge on any atom is -0.341 e. The van der Waals surface area contributed by atoms with E-state index < -0.39 is 0 Å². The molecule has 1 fully saturated rings. The standard InChI is InChI=1S/C19H27N3O2/c1-14-12-21(13-17(14)20(2)3)18(23)10-11-22-16-7-5-4-6-15(16)8-9-19(22)24/h4-7,14,17H,8-13H2,1-3H3/t14-,17+/m0/s1. The number of hydrogen-bond acceptors (Lipinski definition) is 3. The van der Waals surface area contributed by atoms with Crippen molar-refractivity contribution >= 4 is 17.5 Å². The number of anilines is 1. The first-order valence-electron chi connectivity index (χ1n) is 8.80. The number of para-hydroxylation sites is 1. The van der Waals surface area contributed by atoms with Crippen LogP contribution in [0.4, 0.5) is 5.69 Å². The van der Waals surface area contributed by atoms with Gasteiger partial charge in [-0.25, -0.2) is 0 Å². The van der Waals surface area contributed by atoms with Crippen LogP contribution in [0.15, 0.2) is 24.3 Å². The van der Waals surface area contributed by atoms with Gasteiger partial charge in [-0.3, -0.25) is 9.59 Å². The van der Waals surface area contributed by atoms with Gasteiger partial charge >= 0.3 is 0 Å². The van der Waals surface area contributed by atoms with E-state index in [-0.39, 0.29) is 11.8 Å². The first-order valence-corrected chi connectivity index (χ1v) is 8.80. The summed E-state index contributed by atoms with van der Waals surface area (Å²) in [6.07, 6.45) is 1.73. The Balaban J connectivity index is 1.62. The van der Waals surface area contributed by atoms with Crippen molar-refractivity contribution in [2.45, 2.75) is 32.2 Å². The third kappa shape index (κ3) is 3.31. The molecule has 0 aromatic heterocycles. The highest BCUT2D eigenvalue weighted by Crippen LogP contribution is 2.28. The van der Waals surface area contributed by atoms with E-state index in [2.05, 4.69) is 32.0 Å². The van der Waals surface area contributed by atoms with E-state index in [1.165, 1.54) is 5.56 Å². The highest BCUT2D eigenvalue weighted by atomic mass is 16.2. The van der Waals surface area contributed by atoms with Crippen molar-refractivity contribution in [1.29, 1.82) is 0 Å². The van der Waals surface area contributed by atoms with Crippen LogP contribution < -0.4 is 4.90 Å². The minimum absolute atomic E-state index is 0.127. The van der Waals surface area contributed by atoms with Gasteiger partial charge in [-0.05, 0) is 38.1 Å². The number of amides is 2. The SMILES string of the molecule is C[C@H]1CN(C(=O)CCN2C(=O)CCc3ccccc32)C[C@H]1N(C)C. The van der Waals surface area contributed by atoms with Crippen molar-refractivity contribution in [3.05, 3.63) is 29.8 Å². The lowest BCUT2D eigenvalue weighted by atomic mass is 10.0. The van der Waals surface area contributed by atoms with Crippen molar-refractivity contribution in [2.24, 2.45) is 5.92 Å². The molecule has 5 heteroatoms. The quantitative estimate of drug-likeness (QED) is 0.845. The van der Waals surface area contributed by atoms with Crippen LogP contribution in [0.2, 0.25) is 0 Å². The summed E-state index contributed by atoms with van der Waals surface area (Å²) in [4.78, 5) is 30.8. The number of nitrogens with zero attached hydrogens (tertiary/aromatic N) is 3. The first-order chi connectivity index (χ1) is 11.5. The van der Waals surface area contributed by atoms with E-state index in [0.717, 1.165) is 25.2 Å². The summed E-state index contributed by atoms with van der Waals surface area (Å²) in [5, 5.41) is 0. The third-order valence-corrected chi connectivity index (χ3v) is 5.33. The predicted molar refractivity (Wildman–Crippen MR) is 95.0 cm³/mol. The summed E-state index contributed by atoms with van der Waals surface area (Å²) in [6, 6.07) is 8.43. The topological polar surface area (TPSA) is 43.9 Å². The van der Waals surface area contributed by atoms with E-state index in [1.54, 1.807) is 4.90 Å². The van der Waals surface area contributed by atoms with Crippen LogP contribution in [0.3, 0.4) is 0 Å². The number of likely N-dealkylation sites (tertiary alicyclic amines) is 1. The molecule has 2 aliphatic heterocycles. The second kappa shape index (κ2) is 6.93. The van der Waals surface area contributed by atoms with Gasteiger partial charge in [0.15, 0.2) is 0 Å². The Morgan fingerprint density at radius 2 is 1.96 bits per heavy atom. The monoisotopic (exact) mass is 329 g/mol. The Labute approximate surface area is 144 Å². The molecule has 0 spiro atoms. The second-order valence-corrected chi connectivity index (χ2v) is 7.23. The maximum atomic E-state index is 12.6. The fourth-order valence-corrected chi connectivity index (χ4v) is 3.93. The molecular weight excluding hydrogens is 302 g/mol. The van der Waals surface area contributed by atoms with Gasteiger partial charge < -0.3 is 14.7 Å². The van der Waals surface area contributed by atoms with Crippen LogP contribution in [0, 0.1) is 5.92 Å². The molecule has 0 saturated carbocycles. The van der Waals surface area contributed by atoms with Crippen LogP contribution in [0.1, 0.15) is 25.3 Å². The maximum absolute atomic E-state index is 12.6. The molecule has 130 valence electrons. The number of carbonyl (C=O) groups excluding carboxylic acids is 2. The van der Waals surface area contributed by atoms with Crippen molar-refractivity contribution in [1.82, 2.24) is 9.80 Å². The number of aryl methyl sites for hydroxylation is 1. The summed E-state index contributed by atoms with van der Waals surface area (Å²) in [5.74, 6) is 0.769. The zero-order valence-corrected chi connectivity index (χ0v) is 14.9. The molecule has 2 atom stereocenters.